The second kappa shape index (κ2) is 10.9. The van der Waals surface area contributed by atoms with Crippen molar-refractivity contribution in [3.05, 3.63) is 48.3 Å². The van der Waals surface area contributed by atoms with Crippen LogP contribution in [0.4, 0.5) is 10.1 Å². The minimum Gasteiger partial charge on any atom is -0.494 e. The lowest BCUT2D eigenvalue weighted by Crippen LogP contribution is -2.31. The van der Waals surface area contributed by atoms with E-state index in [0.29, 0.717) is 29.8 Å². The van der Waals surface area contributed by atoms with E-state index in [1.165, 1.54) is 12.1 Å². The summed E-state index contributed by atoms with van der Waals surface area (Å²) in [5.74, 6) is 2.40. The Kier molecular flexibility index (Phi) is 8.22. The van der Waals surface area contributed by atoms with E-state index in [-0.39, 0.29) is 5.82 Å². The van der Waals surface area contributed by atoms with Gasteiger partial charge in [-0.25, -0.2) is 4.39 Å². The maximum absolute atomic E-state index is 12.8. The molecule has 0 aromatic heterocycles. The van der Waals surface area contributed by atoms with Gasteiger partial charge in [0.2, 0.25) is 0 Å². The van der Waals surface area contributed by atoms with Crippen LogP contribution in [0.5, 0.6) is 17.2 Å². The molecule has 0 aliphatic heterocycles. The molecule has 146 valence electrons. The molecule has 0 bridgehead atoms. The quantitative estimate of drug-likeness (QED) is 0.398. The highest BCUT2D eigenvalue weighted by Crippen LogP contribution is 2.29. The second-order valence-corrected chi connectivity index (χ2v) is 5.70. The van der Waals surface area contributed by atoms with Crippen molar-refractivity contribution < 1.29 is 18.6 Å². The number of nitrogens with zero attached hydrogens (tertiary/aromatic N) is 1. The standard InChI is InChI=1S/C20H26FN3O3/c1-22-20(24-16-8-11-18(25-2)19(14-16)26-3)23-12-4-5-13-27-17-9-6-15(21)7-10-17/h6-11,14H,4-5,12-13H2,1-3H3,(H2,22,23,24). The third-order valence-electron chi connectivity index (χ3n) is 3.82. The molecule has 27 heavy (non-hydrogen) atoms. The summed E-state index contributed by atoms with van der Waals surface area (Å²) in [7, 11) is 4.92. The molecule has 0 unspecified atom stereocenters. The molecule has 0 fully saturated rings. The average Bonchev–Trinajstić information content (AvgIpc) is 2.70. The molecule has 2 aromatic rings. The van der Waals surface area contributed by atoms with E-state index < -0.39 is 0 Å². The molecule has 0 spiro atoms. The SMILES string of the molecule is CN=C(NCCCCOc1ccc(F)cc1)Nc1ccc(OC)c(OC)c1. The third-order valence-corrected chi connectivity index (χ3v) is 3.82. The molecule has 0 aliphatic rings. The molecule has 0 saturated carbocycles. The molecule has 6 nitrogen and oxygen atoms in total. The number of benzene rings is 2. The maximum Gasteiger partial charge on any atom is 0.195 e. The summed E-state index contributed by atoms with van der Waals surface area (Å²) in [6.45, 7) is 1.33. The van der Waals surface area contributed by atoms with Gasteiger partial charge in [-0.3, -0.25) is 4.99 Å². The normalized spacial score (nSPS) is 11.0. The highest BCUT2D eigenvalue weighted by Gasteiger charge is 2.06. The molecule has 2 aromatic carbocycles. The van der Waals surface area contributed by atoms with E-state index in [1.54, 1.807) is 33.4 Å². The summed E-state index contributed by atoms with van der Waals surface area (Å²) in [6, 6.07) is 11.6. The average molecular weight is 375 g/mol. The summed E-state index contributed by atoms with van der Waals surface area (Å²) in [5, 5.41) is 6.47. The molecule has 2 N–H and O–H groups in total. The van der Waals surface area contributed by atoms with Crippen molar-refractivity contribution in [2.24, 2.45) is 4.99 Å². The van der Waals surface area contributed by atoms with Crippen molar-refractivity contribution in [3.8, 4) is 17.2 Å². The van der Waals surface area contributed by atoms with Crippen LogP contribution in [0.3, 0.4) is 0 Å². The van der Waals surface area contributed by atoms with Crippen LogP contribution in [0, 0.1) is 5.82 Å². The van der Waals surface area contributed by atoms with E-state index in [4.69, 9.17) is 14.2 Å². The number of unbranched alkanes of at least 4 members (excludes halogenated alkanes) is 1. The fraction of sp³-hybridized carbons (Fsp3) is 0.350. The van der Waals surface area contributed by atoms with Gasteiger partial charge < -0.3 is 24.8 Å². The van der Waals surface area contributed by atoms with Crippen molar-refractivity contribution in [1.82, 2.24) is 5.32 Å². The van der Waals surface area contributed by atoms with Crippen LogP contribution in [0.1, 0.15) is 12.8 Å². The number of ether oxygens (including phenoxy) is 3. The smallest absolute Gasteiger partial charge is 0.195 e. The fourth-order valence-electron chi connectivity index (χ4n) is 2.38. The summed E-state index contributed by atoms with van der Waals surface area (Å²) >= 11 is 0. The fourth-order valence-corrected chi connectivity index (χ4v) is 2.38. The molecular weight excluding hydrogens is 349 g/mol. The van der Waals surface area contributed by atoms with Crippen LogP contribution in [-0.2, 0) is 0 Å². The van der Waals surface area contributed by atoms with Gasteiger partial charge in [0.05, 0.1) is 20.8 Å². The Labute approximate surface area is 159 Å². The number of anilines is 1. The first-order valence-electron chi connectivity index (χ1n) is 8.74. The Morgan fingerprint density at radius 2 is 1.74 bits per heavy atom. The van der Waals surface area contributed by atoms with Crippen LogP contribution in [-0.4, -0.2) is 40.4 Å². The number of aliphatic imine (C=N–C) groups is 1. The van der Waals surface area contributed by atoms with Crippen molar-refractivity contribution >= 4 is 11.6 Å². The predicted octanol–water partition coefficient (Wildman–Crippen LogP) is 3.69. The van der Waals surface area contributed by atoms with Crippen molar-refractivity contribution in [3.63, 3.8) is 0 Å². The number of hydrogen-bond donors (Lipinski definition) is 2. The minimum atomic E-state index is -0.264. The van der Waals surface area contributed by atoms with Gasteiger partial charge in [-0.15, -0.1) is 0 Å². The number of nitrogens with one attached hydrogen (secondary N) is 2. The van der Waals surface area contributed by atoms with Gasteiger partial charge in [0.15, 0.2) is 17.5 Å². The Morgan fingerprint density at radius 3 is 2.41 bits per heavy atom. The Bertz CT molecular complexity index is 736. The van der Waals surface area contributed by atoms with Crippen molar-refractivity contribution in [2.75, 3.05) is 39.7 Å². The second-order valence-electron chi connectivity index (χ2n) is 5.70. The number of halogens is 1. The molecular formula is C20H26FN3O3. The van der Waals surface area contributed by atoms with Gasteiger partial charge in [0.25, 0.3) is 0 Å². The number of guanidine groups is 1. The zero-order valence-electron chi connectivity index (χ0n) is 15.9. The van der Waals surface area contributed by atoms with Crippen LogP contribution < -0.4 is 24.8 Å². The zero-order chi connectivity index (χ0) is 19.5. The van der Waals surface area contributed by atoms with Gasteiger partial charge in [-0.2, -0.15) is 0 Å². The summed E-state index contributed by atoms with van der Waals surface area (Å²) < 4.78 is 28.9. The first-order chi connectivity index (χ1) is 13.2. The van der Waals surface area contributed by atoms with Gasteiger partial charge in [-0.1, -0.05) is 0 Å². The first kappa shape index (κ1) is 20.4. The minimum absolute atomic E-state index is 0.264. The summed E-state index contributed by atoms with van der Waals surface area (Å²) in [4.78, 5) is 4.21. The monoisotopic (exact) mass is 375 g/mol. The van der Waals surface area contributed by atoms with Crippen LogP contribution in [0.15, 0.2) is 47.5 Å². The highest BCUT2D eigenvalue weighted by molar-refractivity contribution is 5.93. The lowest BCUT2D eigenvalue weighted by atomic mass is 10.2. The molecule has 2 rings (SSSR count). The number of methoxy groups -OCH3 is 2. The van der Waals surface area contributed by atoms with E-state index in [0.717, 1.165) is 25.1 Å². The molecule has 0 aliphatic carbocycles. The van der Waals surface area contributed by atoms with Gasteiger partial charge in [-0.05, 0) is 49.2 Å². The lowest BCUT2D eigenvalue weighted by molar-refractivity contribution is 0.306. The van der Waals surface area contributed by atoms with Crippen molar-refractivity contribution in [2.45, 2.75) is 12.8 Å². The van der Waals surface area contributed by atoms with Crippen LogP contribution >= 0.6 is 0 Å². The van der Waals surface area contributed by atoms with Gasteiger partial charge in [0, 0.05) is 25.3 Å². The zero-order valence-corrected chi connectivity index (χ0v) is 15.9. The summed E-state index contributed by atoms with van der Waals surface area (Å²) in [5.41, 5.74) is 0.848. The Hall–Kier alpha value is -2.96. The molecule has 0 amide bonds. The van der Waals surface area contributed by atoms with Crippen LogP contribution in [0.25, 0.3) is 0 Å². The Balaban J connectivity index is 1.70. The molecule has 0 heterocycles. The van der Waals surface area contributed by atoms with Gasteiger partial charge in [0.1, 0.15) is 11.6 Å². The Morgan fingerprint density at radius 1 is 1.00 bits per heavy atom. The van der Waals surface area contributed by atoms with Crippen LogP contribution in [0.2, 0.25) is 0 Å². The van der Waals surface area contributed by atoms with E-state index in [1.807, 2.05) is 18.2 Å². The third kappa shape index (κ3) is 6.69. The van der Waals surface area contributed by atoms with E-state index in [9.17, 15) is 4.39 Å². The molecule has 7 heteroatoms. The van der Waals surface area contributed by atoms with E-state index in [2.05, 4.69) is 15.6 Å². The lowest BCUT2D eigenvalue weighted by Gasteiger charge is -2.14. The first-order valence-corrected chi connectivity index (χ1v) is 8.74. The molecule has 0 saturated heterocycles. The molecule has 0 radical (unpaired) electrons. The van der Waals surface area contributed by atoms with Gasteiger partial charge >= 0.3 is 0 Å². The van der Waals surface area contributed by atoms with Crippen molar-refractivity contribution in [1.29, 1.82) is 0 Å². The highest BCUT2D eigenvalue weighted by atomic mass is 19.1. The topological polar surface area (TPSA) is 64.1 Å². The summed E-state index contributed by atoms with van der Waals surface area (Å²) in [6.07, 6.45) is 1.78. The number of rotatable bonds is 9. The molecule has 0 atom stereocenters. The number of hydrogen-bond acceptors (Lipinski definition) is 4. The predicted molar refractivity (Wildman–Crippen MR) is 106 cm³/mol. The maximum atomic E-state index is 12.8. The largest absolute Gasteiger partial charge is 0.494 e. The van der Waals surface area contributed by atoms with E-state index >= 15 is 0 Å².